The lowest BCUT2D eigenvalue weighted by Gasteiger charge is -2.24. The summed E-state index contributed by atoms with van der Waals surface area (Å²) in [6.07, 6.45) is 1.18. The molecule has 0 unspecified atom stereocenters. The highest BCUT2D eigenvalue weighted by Gasteiger charge is 2.15. The van der Waals surface area contributed by atoms with Crippen molar-refractivity contribution in [2.45, 2.75) is 59.5 Å². The Kier molecular flexibility index (Phi) is 5.12. The highest BCUT2D eigenvalue weighted by Crippen LogP contribution is 2.14. The third-order valence-corrected chi connectivity index (χ3v) is 2.95. The van der Waals surface area contributed by atoms with Gasteiger partial charge in [0.1, 0.15) is 0 Å². The molecular formula is C13H25N3O. The SMILES string of the molecule is CC(C)C[C@H](C)N(C)Cc1nc(C(C)C)no1. The molecule has 4 nitrogen and oxygen atoms in total. The minimum atomic E-state index is 0.325. The van der Waals surface area contributed by atoms with Crippen LogP contribution < -0.4 is 0 Å². The number of hydrogen-bond acceptors (Lipinski definition) is 4. The van der Waals surface area contributed by atoms with Gasteiger partial charge in [0.2, 0.25) is 5.89 Å². The van der Waals surface area contributed by atoms with Crippen LogP contribution in [-0.2, 0) is 6.54 Å². The summed E-state index contributed by atoms with van der Waals surface area (Å²) >= 11 is 0. The highest BCUT2D eigenvalue weighted by atomic mass is 16.5. The zero-order chi connectivity index (χ0) is 13.0. The summed E-state index contributed by atoms with van der Waals surface area (Å²) in [6.45, 7) is 11.6. The van der Waals surface area contributed by atoms with Gasteiger partial charge in [0.15, 0.2) is 5.82 Å². The van der Waals surface area contributed by atoms with Gasteiger partial charge in [0.25, 0.3) is 0 Å². The third-order valence-electron chi connectivity index (χ3n) is 2.95. The summed E-state index contributed by atoms with van der Waals surface area (Å²) in [4.78, 5) is 6.65. The molecule has 0 aliphatic rings. The lowest BCUT2D eigenvalue weighted by molar-refractivity contribution is 0.194. The van der Waals surface area contributed by atoms with Gasteiger partial charge in [-0.05, 0) is 26.3 Å². The molecule has 0 bridgehead atoms. The largest absolute Gasteiger partial charge is 0.338 e. The second-order valence-electron chi connectivity index (χ2n) is 5.59. The molecule has 1 aromatic rings. The molecule has 1 atom stereocenters. The summed E-state index contributed by atoms with van der Waals surface area (Å²) in [5.74, 6) is 2.55. The third kappa shape index (κ3) is 4.46. The maximum atomic E-state index is 5.25. The van der Waals surface area contributed by atoms with Crippen molar-refractivity contribution in [2.75, 3.05) is 7.05 Å². The predicted molar refractivity (Wildman–Crippen MR) is 68.8 cm³/mol. The minimum absolute atomic E-state index is 0.325. The Morgan fingerprint density at radius 1 is 1.18 bits per heavy atom. The molecule has 0 aliphatic carbocycles. The standard InChI is InChI=1S/C13H25N3O/c1-9(2)7-11(5)16(6)8-12-14-13(10(3)4)15-17-12/h9-11H,7-8H2,1-6H3/t11-/m0/s1. The van der Waals surface area contributed by atoms with Gasteiger partial charge in [-0.3, -0.25) is 4.90 Å². The van der Waals surface area contributed by atoms with E-state index in [2.05, 4.69) is 56.7 Å². The summed E-state index contributed by atoms with van der Waals surface area (Å²) in [6, 6.07) is 0.532. The van der Waals surface area contributed by atoms with E-state index in [-0.39, 0.29) is 0 Å². The van der Waals surface area contributed by atoms with E-state index in [9.17, 15) is 0 Å². The number of aromatic nitrogens is 2. The summed E-state index contributed by atoms with van der Waals surface area (Å²) in [5, 5.41) is 3.98. The topological polar surface area (TPSA) is 42.2 Å². The number of hydrogen-bond donors (Lipinski definition) is 0. The van der Waals surface area contributed by atoms with Crippen molar-refractivity contribution in [3.8, 4) is 0 Å². The monoisotopic (exact) mass is 239 g/mol. The zero-order valence-corrected chi connectivity index (χ0v) is 11.9. The van der Waals surface area contributed by atoms with Crippen molar-refractivity contribution in [2.24, 2.45) is 5.92 Å². The van der Waals surface area contributed by atoms with Gasteiger partial charge in [-0.25, -0.2) is 0 Å². The fourth-order valence-electron chi connectivity index (χ4n) is 1.80. The van der Waals surface area contributed by atoms with E-state index in [1.165, 1.54) is 6.42 Å². The number of rotatable bonds is 6. The first-order valence-electron chi connectivity index (χ1n) is 6.42. The van der Waals surface area contributed by atoms with Gasteiger partial charge in [-0.1, -0.05) is 32.9 Å². The van der Waals surface area contributed by atoms with Crippen LogP contribution in [-0.4, -0.2) is 28.1 Å². The number of nitrogens with zero attached hydrogens (tertiary/aromatic N) is 3. The Morgan fingerprint density at radius 2 is 1.82 bits per heavy atom. The van der Waals surface area contributed by atoms with Crippen LogP contribution in [0.3, 0.4) is 0 Å². The van der Waals surface area contributed by atoms with Gasteiger partial charge in [-0.2, -0.15) is 4.98 Å². The van der Waals surface area contributed by atoms with Gasteiger partial charge in [-0.15, -0.1) is 0 Å². The molecule has 1 heterocycles. The molecule has 0 radical (unpaired) electrons. The Hall–Kier alpha value is -0.900. The van der Waals surface area contributed by atoms with E-state index in [4.69, 9.17) is 4.52 Å². The Bertz CT molecular complexity index is 333. The van der Waals surface area contributed by atoms with Crippen molar-refractivity contribution >= 4 is 0 Å². The maximum Gasteiger partial charge on any atom is 0.240 e. The van der Waals surface area contributed by atoms with Crippen LogP contribution in [0.4, 0.5) is 0 Å². The molecule has 17 heavy (non-hydrogen) atoms. The fourth-order valence-corrected chi connectivity index (χ4v) is 1.80. The van der Waals surface area contributed by atoms with Crippen LogP contribution in [0.15, 0.2) is 4.52 Å². The first-order valence-corrected chi connectivity index (χ1v) is 6.42. The molecular weight excluding hydrogens is 214 g/mol. The van der Waals surface area contributed by atoms with Gasteiger partial charge >= 0.3 is 0 Å². The average molecular weight is 239 g/mol. The van der Waals surface area contributed by atoms with Gasteiger partial charge in [0, 0.05) is 12.0 Å². The molecule has 1 rings (SSSR count). The van der Waals surface area contributed by atoms with Crippen LogP contribution >= 0.6 is 0 Å². The second kappa shape index (κ2) is 6.15. The second-order valence-corrected chi connectivity index (χ2v) is 5.59. The molecule has 0 saturated heterocycles. The Labute approximate surface area is 104 Å². The van der Waals surface area contributed by atoms with Crippen LogP contribution in [0.5, 0.6) is 0 Å². The van der Waals surface area contributed by atoms with Crippen LogP contribution in [0.2, 0.25) is 0 Å². The summed E-state index contributed by atoms with van der Waals surface area (Å²) < 4.78 is 5.25. The molecule has 4 heteroatoms. The van der Waals surface area contributed by atoms with Crippen molar-refractivity contribution in [3.05, 3.63) is 11.7 Å². The maximum absolute atomic E-state index is 5.25. The van der Waals surface area contributed by atoms with Crippen molar-refractivity contribution in [3.63, 3.8) is 0 Å². The van der Waals surface area contributed by atoms with E-state index in [1.807, 2.05) is 0 Å². The highest BCUT2D eigenvalue weighted by molar-refractivity contribution is 4.91. The quantitative estimate of drug-likeness (QED) is 0.765. The molecule has 0 aliphatic heterocycles. The molecule has 0 aromatic carbocycles. The first kappa shape index (κ1) is 14.2. The summed E-state index contributed by atoms with van der Waals surface area (Å²) in [7, 11) is 2.10. The van der Waals surface area contributed by atoms with Crippen molar-refractivity contribution < 1.29 is 4.52 Å². The van der Waals surface area contributed by atoms with Crippen LogP contribution in [0.25, 0.3) is 0 Å². The molecule has 1 aromatic heterocycles. The first-order chi connectivity index (χ1) is 7.90. The van der Waals surface area contributed by atoms with E-state index in [0.717, 1.165) is 12.4 Å². The predicted octanol–water partition coefficient (Wildman–Crippen LogP) is 3.06. The Balaban J connectivity index is 2.52. The van der Waals surface area contributed by atoms with E-state index in [1.54, 1.807) is 0 Å². The van der Waals surface area contributed by atoms with Gasteiger partial charge in [0.05, 0.1) is 6.54 Å². The lowest BCUT2D eigenvalue weighted by atomic mass is 10.0. The minimum Gasteiger partial charge on any atom is -0.338 e. The van der Waals surface area contributed by atoms with Crippen molar-refractivity contribution in [1.29, 1.82) is 0 Å². The molecule has 0 amide bonds. The smallest absolute Gasteiger partial charge is 0.240 e. The van der Waals surface area contributed by atoms with E-state index >= 15 is 0 Å². The Morgan fingerprint density at radius 3 is 2.29 bits per heavy atom. The fraction of sp³-hybridized carbons (Fsp3) is 0.846. The average Bonchev–Trinajstić information content (AvgIpc) is 2.65. The normalized spacial score (nSPS) is 13.9. The summed E-state index contributed by atoms with van der Waals surface area (Å²) in [5.41, 5.74) is 0. The molecule has 0 spiro atoms. The molecule has 0 fully saturated rings. The van der Waals surface area contributed by atoms with Gasteiger partial charge < -0.3 is 4.52 Å². The van der Waals surface area contributed by atoms with E-state index < -0.39 is 0 Å². The molecule has 0 saturated carbocycles. The van der Waals surface area contributed by atoms with Crippen molar-refractivity contribution in [1.82, 2.24) is 15.0 Å². The lowest BCUT2D eigenvalue weighted by Crippen LogP contribution is -2.29. The molecule has 98 valence electrons. The zero-order valence-electron chi connectivity index (χ0n) is 11.9. The molecule has 0 N–H and O–H groups in total. The van der Waals surface area contributed by atoms with Crippen LogP contribution in [0.1, 0.15) is 58.7 Å². The van der Waals surface area contributed by atoms with E-state index in [0.29, 0.717) is 23.8 Å². The van der Waals surface area contributed by atoms with Crippen LogP contribution in [0, 0.1) is 5.92 Å².